The number of hydrogen-bond acceptors (Lipinski definition) is 1. The fourth-order valence-electron chi connectivity index (χ4n) is 7.08. The summed E-state index contributed by atoms with van der Waals surface area (Å²) >= 11 is 0. The van der Waals surface area contributed by atoms with Gasteiger partial charge in [0.1, 0.15) is 0 Å². The Bertz CT molecular complexity index is 2510. The number of hydrogen-bond donors (Lipinski definition) is 0. The van der Waals surface area contributed by atoms with Crippen molar-refractivity contribution in [3.05, 3.63) is 176 Å². The van der Waals surface area contributed by atoms with E-state index in [0.29, 0.717) is 0 Å². The molecule has 1 aromatic heterocycles. The van der Waals surface area contributed by atoms with Crippen LogP contribution in [0.2, 0.25) is 0 Å². The van der Waals surface area contributed by atoms with Crippen LogP contribution >= 0.6 is 0 Å². The van der Waals surface area contributed by atoms with Gasteiger partial charge in [-0.1, -0.05) is 158 Å². The Morgan fingerprint density at radius 3 is 1.48 bits per heavy atom. The first-order chi connectivity index (χ1) is 22.8. The van der Waals surface area contributed by atoms with E-state index < -0.39 is 0 Å². The van der Waals surface area contributed by atoms with Crippen molar-refractivity contribution in [1.82, 2.24) is 4.98 Å². The van der Waals surface area contributed by atoms with Crippen LogP contribution in [0.3, 0.4) is 0 Å². The molecule has 214 valence electrons. The lowest BCUT2D eigenvalue weighted by Crippen LogP contribution is -1.92. The number of nitrogens with zero attached hydrogens (tertiary/aromatic N) is 1. The summed E-state index contributed by atoms with van der Waals surface area (Å²) in [6.07, 6.45) is 0. The maximum atomic E-state index is 5.10. The molecule has 0 saturated heterocycles. The zero-order chi connectivity index (χ0) is 30.5. The Kier molecular flexibility index (Phi) is 6.21. The average Bonchev–Trinajstić information content (AvgIpc) is 3.13. The molecule has 0 fully saturated rings. The third-order valence-corrected chi connectivity index (χ3v) is 9.24. The molecule has 46 heavy (non-hydrogen) atoms. The summed E-state index contributed by atoms with van der Waals surface area (Å²) in [6, 6.07) is 63.4. The first-order valence-electron chi connectivity index (χ1n) is 15.8. The molecule has 0 aliphatic carbocycles. The normalized spacial score (nSPS) is 11.5. The summed E-state index contributed by atoms with van der Waals surface area (Å²) in [5.41, 5.74) is 10.5. The zero-order valence-corrected chi connectivity index (χ0v) is 25.2. The van der Waals surface area contributed by atoms with Crippen molar-refractivity contribution in [3.63, 3.8) is 0 Å². The maximum Gasteiger partial charge on any atom is 0.0715 e. The van der Waals surface area contributed by atoms with Crippen molar-refractivity contribution in [2.24, 2.45) is 0 Å². The largest absolute Gasteiger partial charge is 0.248 e. The molecular weight excluding hydrogens is 555 g/mol. The molecule has 0 N–H and O–H groups in total. The standard InChI is InChI=1S/C45H29N/c1-2-13-31(14-3-1)41-29-43(46-42-21-11-10-16-36(41)42)32-23-25-33(26-24-32)44-37-17-6-8-19-39(37)45(40-20-9-7-18-38(40)44)35-27-22-30-12-4-5-15-34(30)28-35/h1-29H. The second kappa shape index (κ2) is 10.8. The SMILES string of the molecule is c1ccc(-c2cc(-c3ccc(-c4c5ccccc5c(-c5ccc6ccccc6c5)c5ccccc45)cc3)nc3ccccc23)cc1. The van der Waals surface area contributed by atoms with Crippen LogP contribution in [0.15, 0.2) is 176 Å². The van der Waals surface area contributed by atoms with Crippen molar-refractivity contribution >= 4 is 43.2 Å². The number of aromatic nitrogens is 1. The van der Waals surface area contributed by atoms with Gasteiger partial charge in [0.05, 0.1) is 11.2 Å². The minimum absolute atomic E-state index is 0.977. The number of fused-ring (bicyclic) bond motifs is 4. The molecule has 1 nitrogen and oxygen atoms in total. The lowest BCUT2D eigenvalue weighted by atomic mass is 9.85. The summed E-state index contributed by atoms with van der Waals surface area (Å²) in [6.45, 7) is 0. The predicted molar refractivity (Wildman–Crippen MR) is 196 cm³/mol. The molecule has 8 aromatic carbocycles. The summed E-state index contributed by atoms with van der Waals surface area (Å²) < 4.78 is 0. The lowest BCUT2D eigenvalue weighted by molar-refractivity contribution is 1.40. The molecule has 0 aliphatic rings. The summed E-state index contributed by atoms with van der Waals surface area (Å²) in [5.74, 6) is 0. The Morgan fingerprint density at radius 1 is 0.304 bits per heavy atom. The molecule has 0 saturated carbocycles. The highest BCUT2D eigenvalue weighted by molar-refractivity contribution is 6.21. The van der Waals surface area contributed by atoms with Gasteiger partial charge >= 0.3 is 0 Å². The molecule has 9 rings (SSSR count). The van der Waals surface area contributed by atoms with Crippen LogP contribution < -0.4 is 0 Å². The topological polar surface area (TPSA) is 12.9 Å². The zero-order valence-electron chi connectivity index (χ0n) is 25.2. The van der Waals surface area contributed by atoms with Crippen LogP contribution in [0.5, 0.6) is 0 Å². The summed E-state index contributed by atoms with van der Waals surface area (Å²) in [5, 5.41) is 8.72. The Hall–Kier alpha value is -6.05. The average molecular weight is 584 g/mol. The smallest absolute Gasteiger partial charge is 0.0715 e. The fourth-order valence-corrected chi connectivity index (χ4v) is 7.08. The second-order valence-corrected chi connectivity index (χ2v) is 11.9. The van der Waals surface area contributed by atoms with Gasteiger partial charge in [0.2, 0.25) is 0 Å². The van der Waals surface area contributed by atoms with Crippen LogP contribution in [-0.2, 0) is 0 Å². The molecule has 0 radical (unpaired) electrons. The van der Waals surface area contributed by atoms with Gasteiger partial charge in [-0.25, -0.2) is 4.98 Å². The first-order valence-corrected chi connectivity index (χ1v) is 15.8. The number of benzene rings is 8. The van der Waals surface area contributed by atoms with Gasteiger partial charge in [0.25, 0.3) is 0 Å². The number of pyridine rings is 1. The van der Waals surface area contributed by atoms with Gasteiger partial charge in [-0.3, -0.25) is 0 Å². The van der Waals surface area contributed by atoms with Crippen molar-refractivity contribution in [3.8, 4) is 44.6 Å². The highest BCUT2D eigenvalue weighted by Gasteiger charge is 2.17. The van der Waals surface area contributed by atoms with Crippen LogP contribution in [0, 0.1) is 0 Å². The van der Waals surface area contributed by atoms with E-state index in [1.807, 2.05) is 0 Å². The van der Waals surface area contributed by atoms with Gasteiger partial charge in [0, 0.05) is 10.9 Å². The minimum Gasteiger partial charge on any atom is -0.248 e. The van der Waals surface area contributed by atoms with Crippen molar-refractivity contribution in [2.45, 2.75) is 0 Å². The molecule has 0 amide bonds. The van der Waals surface area contributed by atoms with E-state index in [0.717, 1.165) is 16.8 Å². The molecule has 0 atom stereocenters. The highest BCUT2D eigenvalue weighted by Crippen LogP contribution is 2.44. The Labute approximate surface area is 268 Å². The highest BCUT2D eigenvalue weighted by atomic mass is 14.7. The van der Waals surface area contributed by atoms with Gasteiger partial charge in [0.15, 0.2) is 0 Å². The van der Waals surface area contributed by atoms with Gasteiger partial charge in [-0.15, -0.1) is 0 Å². The maximum absolute atomic E-state index is 5.10. The quantitative estimate of drug-likeness (QED) is 0.188. The lowest BCUT2D eigenvalue weighted by Gasteiger charge is -2.18. The Morgan fingerprint density at radius 2 is 0.804 bits per heavy atom. The monoisotopic (exact) mass is 583 g/mol. The molecule has 0 unspecified atom stereocenters. The number of rotatable bonds is 4. The van der Waals surface area contributed by atoms with E-state index in [1.165, 1.54) is 71.1 Å². The van der Waals surface area contributed by atoms with Crippen LogP contribution in [-0.4, -0.2) is 4.98 Å². The molecule has 1 heteroatoms. The molecule has 0 bridgehead atoms. The van der Waals surface area contributed by atoms with Crippen LogP contribution in [0.1, 0.15) is 0 Å². The third kappa shape index (κ3) is 4.37. The molecule has 0 aliphatic heterocycles. The predicted octanol–water partition coefficient (Wildman–Crippen LogP) is 12.4. The van der Waals surface area contributed by atoms with Crippen LogP contribution in [0.4, 0.5) is 0 Å². The van der Waals surface area contributed by atoms with E-state index in [9.17, 15) is 0 Å². The third-order valence-electron chi connectivity index (χ3n) is 9.24. The van der Waals surface area contributed by atoms with E-state index in [2.05, 4.69) is 176 Å². The van der Waals surface area contributed by atoms with E-state index in [4.69, 9.17) is 4.98 Å². The molecule has 9 aromatic rings. The van der Waals surface area contributed by atoms with Crippen LogP contribution in [0.25, 0.3) is 87.9 Å². The molecular formula is C45H29N. The van der Waals surface area contributed by atoms with Crippen molar-refractivity contribution in [2.75, 3.05) is 0 Å². The van der Waals surface area contributed by atoms with Gasteiger partial charge in [-0.2, -0.15) is 0 Å². The number of para-hydroxylation sites is 1. The molecule has 0 spiro atoms. The summed E-state index contributed by atoms with van der Waals surface area (Å²) in [7, 11) is 0. The van der Waals surface area contributed by atoms with Gasteiger partial charge in [-0.05, 0) is 83.9 Å². The second-order valence-electron chi connectivity index (χ2n) is 11.9. The fraction of sp³-hybridized carbons (Fsp3) is 0. The summed E-state index contributed by atoms with van der Waals surface area (Å²) in [4.78, 5) is 5.10. The van der Waals surface area contributed by atoms with Gasteiger partial charge < -0.3 is 0 Å². The van der Waals surface area contributed by atoms with E-state index >= 15 is 0 Å². The van der Waals surface area contributed by atoms with Crippen molar-refractivity contribution < 1.29 is 0 Å². The van der Waals surface area contributed by atoms with E-state index in [1.54, 1.807) is 0 Å². The molecule has 1 heterocycles. The van der Waals surface area contributed by atoms with Crippen molar-refractivity contribution in [1.29, 1.82) is 0 Å². The first kappa shape index (κ1) is 26.4. The van der Waals surface area contributed by atoms with E-state index in [-0.39, 0.29) is 0 Å². The minimum atomic E-state index is 0.977. The Balaban J connectivity index is 1.22.